The first kappa shape index (κ1) is 16.7. The van der Waals surface area contributed by atoms with E-state index < -0.39 is 0 Å². The van der Waals surface area contributed by atoms with Crippen molar-refractivity contribution in [1.82, 2.24) is 9.88 Å². The van der Waals surface area contributed by atoms with Gasteiger partial charge in [0.05, 0.1) is 24.4 Å². The summed E-state index contributed by atoms with van der Waals surface area (Å²) in [4.78, 5) is 19.4. The van der Waals surface area contributed by atoms with Crippen molar-refractivity contribution in [3.63, 3.8) is 0 Å². The lowest BCUT2D eigenvalue weighted by Crippen LogP contribution is -2.42. The Morgan fingerprint density at radius 3 is 2.88 bits per heavy atom. The molecule has 4 rings (SSSR count). The van der Waals surface area contributed by atoms with Crippen molar-refractivity contribution in [3.8, 4) is 11.5 Å². The second kappa shape index (κ2) is 7.21. The molecule has 0 spiro atoms. The molecule has 0 bridgehead atoms. The third-order valence-corrected chi connectivity index (χ3v) is 4.51. The molecule has 1 fully saturated rings. The zero-order chi connectivity index (χ0) is 17.9. The van der Waals surface area contributed by atoms with E-state index in [2.05, 4.69) is 10.3 Å². The second-order valence-corrected chi connectivity index (χ2v) is 6.14. The third kappa shape index (κ3) is 3.17. The van der Waals surface area contributed by atoms with Crippen LogP contribution in [0.2, 0.25) is 0 Å². The molecule has 2 aliphatic heterocycles. The van der Waals surface area contributed by atoms with Crippen LogP contribution in [0.3, 0.4) is 0 Å². The van der Waals surface area contributed by atoms with Crippen LogP contribution in [-0.4, -0.2) is 55.7 Å². The predicted octanol–water partition coefficient (Wildman–Crippen LogP) is 2.11. The van der Waals surface area contributed by atoms with E-state index >= 15 is 0 Å². The number of hydrogen-bond acceptors (Lipinski definition) is 6. The van der Waals surface area contributed by atoms with Gasteiger partial charge in [0.25, 0.3) is 5.91 Å². The molecule has 7 heteroatoms. The van der Waals surface area contributed by atoms with E-state index in [-0.39, 0.29) is 12.0 Å². The minimum atomic E-state index is -0.252. The first-order chi connectivity index (χ1) is 12.8. The average molecular weight is 355 g/mol. The molecular formula is C19H21N3O4. The quantitative estimate of drug-likeness (QED) is 0.909. The van der Waals surface area contributed by atoms with Crippen molar-refractivity contribution < 1.29 is 19.0 Å². The lowest BCUT2D eigenvalue weighted by Gasteiger charge is -2.33. The van der Waals surface area contributed by atoms with Gasteiger partial charge in [0.15, 0.2) is 11.5 Å². The van der Waals surface area contributed by atoms with Crippen LogP contribution < -0.4 is 14.8 Å². The molecular weight excluding hydrogens is 334 g/mol. The SMILES string of the molecule is CNc1cccc(C2CN(C(=O)c3cccc4c3OCCO4)CCO2)n1. The van der Waals surface area contributed by atoms with E-state index in [1.807, 2.05) is 37.4 Å². The fourth-order valence-corrected chi connectivity index (χ4v) is 3.20. The van der Waals surface area contributed by atoms with Crippen molar-refractivity contribution in [2.75, 3.05) is 45.3 Å². The molecule has 136 valence electrons. The standard InChI is InChI=1S/C19H21N3O4/c1-20-17-7-3-5-14(21-17)16-12-22(8-9-24-16)19(23)13-4-2-6-15-18(13)26-11-10-25-15/h2-7,16H,8-12H2,1H3,(H,20,21). The van der Waals surface area contributed by atoms with E-state index in [4.69, 9.17) is 14.2 Å². The first-order valence-electron chi connectivity index (χ1n) is 8.70. The van der Waals surface area contributed by atoms with Crippen LogP contribution in [0.1, 0.15) is 22.2 Å². The molecule has 0 saturated carbocycles. The number of anilines is 1. The summed E-state index contributed by atoms with van der Waals surface area (Å²) in [5.74, 6) is 1.85. The number of pyridine rings is 1. The number of aromatic nitrogens is 1. The molecule has 2 aliphatic rings. The van der Waals surface area contributed by atoms with E-state index in [1.165, 1.54) is 0 Å². The Morgan fingerprint density at radius 2 is 2.00 bits per heavy atom. The monoisotopic (exact) mass is 355 g/mol. The molecule has 1 aromatic heterocycles. The largest absolute Gasteiger partial charge is 0.486 e. The summed E-state index contributed by atoms with van der Waals surface area (Å²) in [5.41, 5.74) is 1.34. The van der Waals surface area contributed by atoms with Gasteiger partial charge in [-0.05, 0) is 24.3 Å². The van der Waals surface area contributed by atoms with E-state index in [0.717, 1.165) is 11.5 Å². The molecule has 0 aliphatic carbocycles. The Balaban J connectivity index is 1.55. The van der Waals surface area contributed by atoms with Crippen LogP contribution in [0, 0.1) is 0 Å². The summed E-state index contributed by atoms with van der Waals surface area (Å²) in [6.45, 7) is 2.39. The second-order valence-electron chi connectivity index (χ2n) is 6.14. The molecule has 7 nitrogen and oxygen atoms in total. The fourth-order valence-electron chi connectivity index (χ4n) is 3.20. The molecule has 1 aromatic carbocycles. The Hall–Kier alpha value is -2.80. The minimum Gasteiger partial charge on any atom is -0.486 e. The number of amides is 1. The maximum absolute atomic E-state index is 13.1. The lowest BCUT2D eigenvalue weighted by molar-refractivity contribution is -0.0248. The Labute approximate surface area is 151 Å². The van der Waals surface area contributed by atoms with Crippen LogP contribution in [0.25, 0.3) is 0 Å². The molecule has 1 atom stereocenters. The van der Waals surface area contributed by atoms with Crippen molar-refractivity contribution in [2.45, 2.75) is 6.10 Å². The summed E-state index contributed by atoms with van der Waals surface area (Å²) >= 11 is 0. The average Bonchev–Trinajstić information content (AvgIpc) is 2.73. The predicted molar refractivity (Wildman–Crippen MR) is 95.8 cm³/mol. The smallest absolute Gasteiger partial charge is 0.257 e. The zero-order valence-corrected chi connectivity index (χ0v) is 14.6. The highest BCUT2D eigenvalue weighted by Crippen LogP contribution is 2.35. The van der Waals surface area contributed by atoms with E-state index in [9.17, 15) is 4.79 Å². The maximum atomic E-state index is 13.1. The molecule has 0 radical (unpaired) electrons. The number of fused-ring (bicyclic) bond motifs is 1. The van der Waals surface area contributed by atoms with Crippen molar-refractivity contribution in [1.29, 1.82) is 0 Å². The number of benzene rings is 1. The van der Waals surface area contributed by atoms with Gasteiger partial charge < -0.3 is 24.4 Å². The van der Waals surface area contributed by atoms with Crippen LogP contribution in [0.5, 0.6) is 11.5 Å². The number of rotatable bonds is 3. The van der Waals surface area contributed by atoms with Gasteiger partial charge in [-0.3, -0.25) is 4.79 Å². The molecule has 1 saturated heterocycles. The number of nitrogens with zero attached hydrogens (tertiary/aromatic N) is 2. The van der Waals surface area contributed by atoms with Gasteiger partial charge in [0.2, 0.25) is 0 Å². The van der Waals surface area contributed by atoms with E-state index in [0.29, 0.717) is 50.0 Å². The molecule has 26 heavy (non-hydrogen) atoms. The number of ether oxygens (including phenoxy) is 3. The van der Waals surface area contributed by atoms with Gasteiger partial charge in [-0.15, -0.1) is 0 Å². The first-order valence-corrected chi connectivity index (χ1v) is 8.70. The highest BCUT2D eigenvalue weighted by molar-refractivity contribution is 5.98. The number of nitrogens with one attached hydrogen (secondary N) is 1. The fraction of sp³-hybridized carbons (Fsp3) is 0.368. The number of hydrogen-bond donors (Lipinski definition) is 1. The Bertz CT molecular complexity index is 811. The van der Waals surface area contributed by atoms with Gasteiger partial charge in [-0.25, -0.2) is 4.98 Å². The van der Waals surface area contributed by atoms with Gasteiger partial charge >= 0.3 is 0 Å². The zero-order valence-electron chi connectivity index (χ0n) is 14.6. The number of morpholine rings is 1. The van der Waals surface area contributed by atoms with Gasteiger partial charge in [0.1, 0.15) is 25.1 Å². The molecule has 1 N–H and O–H groups in total. The summed E-state index contributed by atoms with van der Waals surface area (Å²) in [5, 5.41) is 3.02. The molecule has 1 amide bonds. The van der Waals surface area contributed by atoms with Gasteiger partial charge in [-0.1, -0.05) is 12.1 Å². The molecule has 2 aromatic rings. The topological polar surface area (TPSA) is 72.9 Å². The number of carbonyl (C=O) groups is 1. The van der Waals surface area contributed by atoms with E-state index in [1.54, 1.807) is 11.0 Å². The van der Waals surface area contributed by atoms with Crippen LogP contribution in [0.4, 0.5) is 5.82 Å². The van der Waals surface area contributed by atoms with Crippen molar-refractivity contribution in [2.24, 2.45) is 0 Å². The highest BCUT2D eigenvalue weighted by atomic mass is 16.6. The summed E-state index contributed by atoms with van der Waals surface area (Å²) in [7, 11) is 1.82. The lowest BCUT2D eigenvalue weighted by atomic mass is 10.1. The van der Waals surface area contributed by atoms with Crippen LogP contribution >= 0.6 is 0 Å². The van der Waals surface area contributed by atoms with Crippen LogP contribution in [-0.2, 0) is 4.74 Å². The minimum absolute atomic E-state index is 0.0783. The Kier molecular flexibility index (Phi) is 4.62. The van der Waals surface area contributed by atoms with Gasteiger partial charge in [0, 0.05) is 13.6 Å². The maximum Gasteiger partial charge on any atom is 0.257 e. The number of carbonyl (C=O) groups excluding carboxylic acids is 1. The van der Waals surface area contributed by atoms with Crippen molar-refractivity contribution >= 4 is 11.7 Å². The third-order valence-electron chi connectivity index (χ3n) is 4.51. The summed E-state index contributed by atoms with van der Waals surface area (Å²) in [6.07, 6.45) is -0.252. The normalized spacial score (nSPS) is 19.1. The Morgan fingerprint density at radius 1 is 1.15 bits per heavy atom. The van der Waals surface area contributed by atoms with Crippen molar-refractivity contribution in [3.05, 3.63) is 47.7 Å². The highest BCUT2D eigenvalue weighted by Gasteiger charge is 2.30. The molecule has 3 heterocycles. The van der Waals surface area contributed by atoms with Crippen LogP contribution in [0.15, 0.2) is 36.4 Å². The summed E-state index contributed by atoms with van der Waals surface area (Å²) in [6, 6.07) is 11.2. The summed E-state index contributed by atoms with van der Waals surface area (Å²) < 4.78 is 17.1. The van der Waals surface area contributed by atoms with Gasteiger partial charge in [-0.2, -0.15) is 0 Å². The number of para-hydroxylation sites is 1. The molecule has 1 unspecified atom stereocenters.